The Morgan fingerprint density at radius 3 is 2.80 bits per heavy atom. The lowest BCUT2D eigenvalue weighted by Gasteiger charge is -2.01. The Balaban J connectivity index is 2.42. The second-order valence-corrected chi connectivity index (χ2v) is 5.30. The summed E-state index contributed by atoms with van der Waals surface area (Å²) < 4.78 is 5.03. The number of aromatic nitrogens is 2. The third kappa shape index (κ3) is 4.66. The quantitative estimate of drug-likeness (QED) is 0.810. The van der Waals surface area contributed by atoms with E-state index in [4.69, 9.17) is 4.52 Å². The van der Waals surface area contributed by atoms with E-state index >= 15 is 0 Å². The highest BCUT2D eigenvalue weighted by Gasteiger charge is 2.10. The molecule has 5 heteroatoms. The van der Waals surface area contributed by atoms with Gasteiger partial charge >= 0.3 is 0 Å². The van der Waals surface area contributed by atoms with E-state index in [0.29, 0.717) is 29.8 Å². The molecule has 0 aliphatic carbocycles. The average molecular weight is 230 g/mol. The van der Waals surface area contributed by atoms with Gasteiger partial charge in [0.25, 0.3) is 0 Å². The number of thioether (sulfide) groups is 1. The molecule has 0 spiro atoms. The first-order valence-electron chi connectivity index (χ1n) is 5.23. The van der Waals surface area contributed by atoms with Gasteiger partial charge in [-0.2, -0.15) is 16.7 Å². The maximum absolute atomic E-state index is 9.41. The van der Waals surface area contributed by atoms with Crippen molar-refractivity contribution in [3.05, 3.63) is 11.7 Å². The summed E-state index contributed by atoms with van der Waals surface area (Å²) in [4.78, 5) is 4.21. The van der Waals surface area contributed by atoms with Crippen molar-refractivity contribution in [3.63, 3.8) is 0 Å². The fraction of sp³-hybridized carbons (Fsp3) is 0.800. The van der Waals surface area contributed by atoms with E-state index in [-0.39, 0.29) is 6.10 Å². The summed E-state index contributed by atoms with van der Waals surface area (Å²) in [7, 11) is 0. The van der Waals surface area contributed by atoms with Gasteiger partial charge in [0.15, 0.2) is 5.82 Å². The molecule has 0 fully saturated rings. The van der Waals surface area contributed by atoms with Crippen molar-refractivity contribution >= 4 is 11.8 Å². The number of hydrogen-bond acceptors (Lipinski definition) is 5. The molecule has 0 saturated carbocycles. The molecule has 1 N–H and O–H groups in total. The van der Waals surface area contributed by atoms with Gasteiger partial charge in [0.2, 0.25) is 5.89 Å². The van der Waals surface area contributed by atoms with E-state index in [1.807, 2.05) is 6.92 Å². The number of aliphatic hydroxyl groups is 1. The first-order chi connectivity index (χ1) is 7.11. The summed E-state index contributed by atoms with van der Waals surface area (Å²) in [5.41, 5.74) is 0. The monoisotopic (exact) mass is 230 g/mol. The second-order valence-electron chi connectivity index (χ2n) is 3.73. The molecule has 86 valence electrons. The van der Waals surface area contributed by atoms with Crippen LogP contribution in [0.2, 0.25) is 0 Å². The van der Waals surface area contributed by atoms with Gasteiger partial charge in [0, 0.05) is 0 Å². The van der Waals surface area contributed by atoms with E-state index in [2.05, 4.69) is 24.0 Å². The molecule has 0 aliphatic heterocycles. The van der Waals surface area contributed by atoms with Crippen LogP contribution in [-0.4, -0.2) is 26.6 Å². The Bertz CT molecular complexity index is 289. The molecule has 1 rings (SSSR count). The van der Waals surface area contributed by atoms with Crippen molar-refractivity contribution in [1.82, 2.24) is 10.1 Å². The Kier molecular flexibility index (Phi) is 5.11. The van der Waals surface area contributed by atoms with E-state index in [1.165, 1.54) is 0 Å². The molecule has 0 amide bonds. The summed E-state index contributed by atoms with van der Waals surface area (Å²) in [6.07, 6.45) is 0.782. The minimum absolute atomic E-state index is 0.379. The normalized spacial score (nSPS) is 13.4. The molecule has 0 aliphatic rings. The van der Waals surface area contributed by atoms with Gasteiger partial charge in [0.05, 0.1) is 18.3 Å². The van der Waals surface area contributed by atoms with Gasteiger partial charge in [0.1, 0.15) is 0 Å². The summed E-state index contributed by atoms with van der Waals surface area (Å²) in [5.74, 6) is 2.01. The summed E-state index contributed by atoms with van der Waals surface area (Å²) in [6.45, 7) is 6.19. The van der Waals surface area contributed by atoms with Crippen LogP contribution in [-0.2, 0) is 12.2 Å². The van der Waals surface area contributed by atoms with Crippen LogP contribution < -0.4 is 0 Å². The van der Waals surface area contributed by atoms with Gasteiger partial charge in [-0.15, -0.1) is 0 Å². The zero-order valence-electron chi connectivity index (χ0n) is 9.43. The topological polar surface area (TPSA) is 59.2 Å². The Hall–Kier alpha value is -0.550. The van der Waals surface area contributed by atoms with E-state index in [1.54, 1.807) is 11.8 Å². The highest BCUT2D eigenvalue weighted by atomic mass is 32.2. The Morgan fingerprint density at radius 2 is 2.20 bits per heavy atom. The molecule has 1 aromatic heterocycles. The van der Waals surface area contributed by atoms with Gasteiger partial charge in [-0.05, 0) is 11.7 Å². The van der Waals surface area contributed by atoms with Crippen molar-refractivity contribution in [3.8, 4) is 0 Å². The molecule has 15 heavy (non-hydrogen) atoms. The van der Waals surface area contributed by atoms with Crippen LogP contribution in [0, 0.1) is 0 Å². The smallest absolute Gasteiger partial charge is 0.229 e. The highest BCUT2D eigenvalue weighted by molar-refractivity contribution is 7.99. The second kappa shape index (κ2) is 6.12. The van der Waals surface area contributed by atoms with Gasteiger partial charge in [-0.25, -0.2) is 0 Å². The summed E-state index contributed by atoms with van der Waals surface area (Å²) >= 11 is 1.77. The summed E-state index contributed by atoms with van der Waals surface area (Å²) in [6, 6.07) is 0. The molecule has 1 unspecified atom stereocenters. The van der Waals surface area contributed by atoms with E-state index < -0.39 is 0 Å². The van der Waals surface area contributed by atoms with Gasteiger partial charge in [-0.3, -0.25) is 0 Å². The summed E-state index contributed by atoms with van der Waals surface area (Å²) in [5, 5.41) is 13.8. The van der Waals surface area contributed by atoms with Crippen LogP contribution in [0.1, 0.15) is 38.9 Å². The average Bonchev–Trinajstić information content (AvgIpc) is 2.62. The first-order valence-corrected chi connectivity index (χ1v) is 6.27. The highest BCUT2D eigenvalue weighted by Crippen LogP contribution is 2.15. The standard InChI is InChI=1S/C10H18N2O2S/c1-4-8(13)5-10-11-9(12-14-10)6-15-7(2)3/h7-8,13H,4-6H2,1-3H3. The largest absolute Gasteiger partial charge is 0.393 e. The minimum atomic E-state index is -0.379. The third-order valence-corrected chi connectivity index (χ3v) is 3.03. The zero-order valence-corrected chi connectivity index (χ0v) is 10.3. The first kappa shape index (κ1) is 12.5. The molecule has 1 aromatic rings. The fourth-order valence-corrected chi connectivity index (χ4v) is 1.62. The lowest BCUT2D eigenvalue weighted by atomic mass is 10.2. The predicted molar refractivity (Wildman–Crippen MR) is 60.7 cm³/mol. The van der Waals surface area contributed by atoms with E-state index in [0.717, 1.165) is 5.75 Å². The molecule has 0 radical (unpaired) electrons. The molecular weight excluding hydrogens is 212 g/mol. The van der Waals surface area contributed by atoms with Crippen LogP contribution >= 0.6 is 11.8 Å². The van der Waals surface area contributed by atoms with Crippen LogP contribution in [0.15, 0.2) is 4.52 Å². The SMILES string of the molecule is CCC(O)Cc1nc(CSC(C)C)no1. The van der Waals surface area contributed by atoms with Crippen LogP contribution in [0.5, 0.6) is 0 Å². The van der Waals surface area contributed by atoms with E-state index in [9.17, 15) is 5.11 Å². The number of nitrogens with zero attached hydrogens (tertiary/aromatic N) is 2. The molecule has 0 saturated heterocycles. The van der Waals surface area contributed by atoms with Gasteiger partial charge in [-0.1, -0.05) is 25.9 Å². The third-order valence-electron chi connectivity index (χ3n) is 1.94. The van der Waals surface area contributed by atoms with Gasteiger partial charge < -0.3 is 9.63 Å². The van der Waals surface area contributed by atoms with Crippen molar-refractivity contribution in [2.45, 2.75) is 50.7 Å². The number of rotatable bonds is 6. The minimum Gasteiger partial charge on any atom is -0.393 e. The lowest BCUT2D eigenvalue weighted by molar-refractivity contribution is 0.158. The van der Waals surface area contributed by atoms with Crippen LogP contribution in [0.25, 0.3) is 0 Å². The fourth-order valence-electron chi connectivity index (χ4n) is 1.02. The maximum atomic E-state index is 9.41. The van der Waals surface area contributed by atoms with Crippen molar-refractivity contribution in [2.24, 2.45) is 0 Å². The molecule has 1 heterocycles. The van der Waals surface area contributed by atoms with Crippen molar-refractivity contribution in [1.29, 1.82) is 0 Å². The number of hydrogen-bond donors (Lipinski definition) is 1. The van der Waals surface area contributed by atoms with Crippen molar-refractivity contribution < 1.29 is 9.63 Å². The number of aliphatic hydroxyl groups excluding tert-OH is 1. The molecule has 0 bridgehead atoms. The molecule has 1 atom stereocenters. The predicted octanol–water partition coefficient (Wildman–Crippen LogP) is 2.02. The Labute approximate surface area is 94.5 Å². The Morgan fingerprint density at radius 1 is 1.47 bits per heavy atom. The van der Waals surface area contributed by atoms with Crippen LogP contribution in [0.3, 0.4) is 0 Å². The molecule has 0 aromatic carbocycles. The molecule has 4 nitrogen and oxygen atoms in total. The van der Waals surface area contributed by atoms with Crippen LogP contribution in [0.4, 0.5) is 0 Å². The lowest BCUT2D eigenvalue weighted by Crippen LogP contribution is -2.08. The van der Waals surface area contributed by atoms with Crippen molar-refractivity contribution in [2.75, 3.05) is 0 Å². The zero-order chi connectivity index (χ0) is 11.3. The maximum Gasteiger partial charge on any atom is 0.229 e. The molecular formula is C10H18N2O2S.